The summed E-state index contributed by atoms with van der Waals surface area (Å²) in [5, 5.41) is 9.47. The van der Waals surface area contributed by atoms with Gasteiger partial charge in [0.15, 0.2) is 0 Å². The molecule has 2 fully saturated rings. The van der Waals surface area contributed by atoms with E-state index in [1.807, 2.05) is 6.92 Å². The van der Waals surface area contributed by atoms with E-state index in [1.54, 1.807) is 0 Å². The second-order valence-electron chi connectivity index (χ2n) is 7.09. The molecule has 2 amide bonds. The summed E-state index contributed by atoms with van der Waals surface area (Å²) in [5.41, 5.74) is 0. The quantitative estimate of drug-likeness (QED) is 0.722. The van der Waals surface area contributed by atoms with E-state index in [9.17, 15) is 9.59 Å². The molecule has 1 saturated carbocycles. The second kappa shape index (κ2) is 8.51. The number of carbonyl (C=O) groups is 2. The first-order valence-corrected chi connectivity index (χ1v) is 8.86. The molecule has 5 nitrogen and oxygen atoms in total. The minimum atomic E-state index is -0.0913. The second-order valence-corrected chi connectivity index (χ2v) is 7.09. The Morgan fingerprint density at radius 3 is 2.59 bits per heavy atom. The molecule has 126 valence electrons. The molecule has 2 aliphatic rings. The largest absolute Gasteiger partial charge is 0.353 e. The molecule has 0 spiro atoms. The highest BCUT2D eigenvalue weighted by Crippen LogP contribution is 2.23. The van der Waals surface area contributed by atoms with Crippen LogP contribution in [0.3, 0.4) is 0 Å². The fourth-order valence-corrected chi connectivity index (χ4v) is 3.55. The van der Waals surface area contributed by atoms with Crippen molar-refractivity contribution in [3.05, 3.63) is 0 Å². The zero-order valence-electron chi connectivity index (χ0n) is 14.0. The van der Waals surface area contributed by atoms with Crippen LogP contribution in [-0.4, -0.2) is 37.0 Å². The Labute approximate surface area is 134 Å². The van der Waals surface area contributed by atoms with Crippen molar-refractivity contribution in [1.29, 1.82) is 0 Å². The highest BCUT2D eigenvalue weighted by molar-refractivity contribution is 5.81. The van der Waals surface area contributed by atoms with Gasteiger partial charge in [0.25, 0.3) is 0 Å². The SMILES string of the molecule is CC(CC(=O)NC1CCNCC1C)NC(=O)C1CCCCC1. The summed E-state index contributed by atoms with van der Waals surface area (Å²) in [7, 11) is 0. The molecule has 3 atom stereocenters. The maximum atomic E-state index is 12.2. The van der Waals surface area contributed by atoms with Gasteiger partial charge in [-0.1, -0.05) is 26.2 Å². The number of hydrogen-bond acceptors (Lipinski definition) is 3. The molecule has 0 bridgehead atoms. The lowest BCUT2D eigenvalue weighted by molar-refractivity contribution is -0.127. The van der Waals surface area contributed by atoms with Crippen molar-refractivity contribution in [3.8, 4) is 0 Å². The van der Waals surface area contributed by atoms with Gasteiger partial charge in [0.2, 0.25) is 11.8 Å². The van der Waals surface area contributed by atoms with Crippen LogP contribution in [0.4, 0.5) is 0 Å². The molecule has 3 N–H and O–H groups in total. The first kappa shape index (κ1) is 17.3. The molecule has 1 aliphatic carbocycles. The van der Waals surface area contributed by atoms with Crippen LogP contribution in [0.2, 0.25) is 0 Å². The molecule has 0 aromatic rings. The predicted octanol–water partition coefficient (Wildman–Crippen LogP) is 1.58. The van der Waals surface area contributed by atoms with Crippen molar-refractivity contribution >= 4 is 11.8 Å². The molecule has 5 heteroatoms. The van der Waals surface area contributed by atoms with Crippen LogP contribution in [-0.2, 0) is 9.59 Å². The van der Waals surface area contributed by atoms with Crippen molar-refractivity contribution in [2.24, 2.45) is 11.8 Å². The van der Waals surface area contributed by atoms with Crippen molar-refractivity contribution in [2.45, 2.75) is 70.9 Å². The van der Waals surface area contributed by atoms with E-state index < -0.39 is 0 Å². The van der Waals surface area contributed by atoms with Gasteiger partial charge in [-0.3, -0.25) is 9.59 Å². The lowest BCUT2D eigenvalue weighted by Crippen LogP contribution is -2.49. The van der Waals surface area contributed by atoms with Crippen molar-refractivity contribution in [3.63, 3.8) is 0 Å². The minimum absolute atomic E-state index is 0.0511. The van der Waals surface area contributed by atoms with Crippen LogP contribution in [0.1, 0.15) is 58.8 Å². The molecule has 22 heavy (non-hydrogen) atoms. The topological polar surface area (TPSA) is 70.2 Å². The zero-order chi connectivity index (χ0) is 15.9. The summed E-state index contributed by atoms with van der Waals surface area (Å²) in [6.45, 7) is 6.00. The van der Waals surface area contributed by atoms with E-state index in [-0.39, 0.29) is 29.8 Å². The molecular formula is C17H31N3O2. The monoisotopic (exact) mass is 309 g/mol. The van der Waals surface area contributed by atoms with E-state index in [0.717, 1.165) is 45.2 Å². The number of hydrogen-bond donors (Lipinski definition) is 3. The number of rotatable bonds is 5. The van der Waals surface area contributed by atoms with Crippen molar-refractivity contribution in [2.75, 3.05) is 13.1 Å². The Kier molecular flexibility index (Phi) is 6.68. The highest BCUT2D eigenvalue weighted by Gasteiger charge is 2.25. The third-order valence-corrected chi connectivity index (χ3v) is 4.99. The number of piperidine rings is 1. The lowest BCUT2D eigenvalue weighted by Gasteiger charge is -2.30. The predicted molar refractivity (Wildman–Crippen MR) is 87.4 cm³/mol. The highest BCUT2D eigenvalue weighted by atomic mass is 16.2. The molecule has 1 heterocycles. The number of nitrogens with one attached hydrogen (secondary N) is 3. The summed E-state index contributed by atoms with van der Waals surface area (Å²) < 4.78 is 0. The molecule has 0 aromatic heterocycles. The smallest absolute Gasteiger partial charge is 0.223 e. The standard InChI is InChI=1S/C17H31N3O2/c1-12-11-18-9-8-15(12)20-16(21)10-13(2)19-17(22)14-6-4-3-5-7-14/h12-15,18H,3-11H2,1-2H3,(H,19,22)(H,20,21). The van der Waals surface area contributed by atoms with Gasteiger partial charge in [0, 0.05) is 24.4 Å². The summed E-state index contributed by atoms with van der Waals surface area (Å²) in [4.78, 5) is 24.3. The molecule has 1 saturated heterocycles. The molecule has 0 radical (unpaired) electrons. The third-order valence-electron chi connectivity index (χ3n) is 4.99. The van der Waals surface area contributed by atoms with Gasteiger partial charge < -0.3 is 16.0 Å². The maximum Gasteiger partial charge on any atom is 0.223 e. The fraction of sp³-hybridized carbons (Fsp3) is 0.882. The fourth-order valence-electron chi connectivity index (χ4n) is 3.55. The van der Waals surface area contributed by atoms with Crippen molar-refractivity contribution < 1.29 is 9.59 Å². The van der Waals surface area contributed by atoms with E-state index in [2.05, 4.69) is 22.9 Å². The van der Waals surface area contributed by atoms with Crippen LogP contribution in [0.25, 0.3) is 0 Å². The lowest BCUT2D eigenvalue weighted by atomic mass is 9.88. The van der Waals surface area contributed by atoms with Gasteiger partial charge in [0.1, 0.15) is 0 Å². The molecule has 3 unspecified atom stereocenters. The maximum absolute atomic E-state index is 12.2. The van der Waals surface area contributed by atoms with Gasteiger partial charge in [0.05, 0.1) is 0 Å². The summed E-state index contributed by atoms with van der Waals surface area (Å²) in [6, 6.07) is 0.168. The molecule has 0 aromatic carbocycles. The van der Waals surface area contributed by atoms with Gasteiger partial charge in [-0.2, -0.15) is 0 Å². The van der Waals surface area contributed by atoms with Crippen LogP contribution in [0.15, 0.2) is 0 Å². The first-order chi connectivity index (χ1) is 10.6. The van der Waals surface area contributed by atoms with Crippen LogP contribution in [0, 0.1) is 11.8 Å². The van der Waals surface area contributed by atoms with E-state index >= 15 is 0 Å². The third kappa shape index (κ3) is 5.27. The van der Waals surface area contributed by atoms with Gasteiger partial charge in [-0.15, -0.1) is 0 Å². The average molecular weight is 309 g/mol. The van der Waals surface area contributed by atoms with E-state index in [4.69, 9.17) is 0 Å². The van der Waals surface area contributed by atoms with Gasteiger partial charge in [-0.05, 0) is 45.2 Å². The average Bonchev–Trinajstić information content (AvgIpc) is 2.50. The van der Waals surface area contributed by atoms with Gasteiger partial charge in [-0.25, -0.2) is 0 Å². The number of amides is 2. The first-order valence-electron chi connectivity index (χ1n) is 8.86. The Morgan fingerprint density at radius 2 is 1.91 bits per heavy atom. The van der Waals surface area contributed by atoms with E-state index in [0.29, 0.717) is 12.3 Å². The number of carbonyl (C=O) groups excluding carboxylic acids is 2. The van der Waals surface area contributed by atoms with Crippen LogP contribution >= 0.6 is 0 Å². The van der Waals surface area contributed by atoms with Crippen LogP contribution in [0.5, 0.6) is 0 Å². The summed E-state index contributed by atoms with van der Waals surface area (Å²) >= 11 is 0. The Bertz CT molecular complexity index is 380. The van der Waals surface area contributed by atoms with Crippen molar-refractivity contribution in [1.82, 2.24) is 16.0 Å². The molecule has 1 aliphatic heterocycles. The Morgan fingerprint density at radius 1 is 1.18 bits per heavy atom. The normalized spacial score (nSPS) is 27.9. The Hall–Kier alpha value is -1.10. The van der Waals surface area contributed by atoms with Crippen LogP contribution < -0.4 is 16.0 Å². The Balaban J connectivity index is 1.70. The summed E-state index contributed by atoms with van der Waals surface area (Å²) in [6.07, 6.45) is 6.90. The minimum Gasteiger partial charge on any atom is -0.353 e. The molecule has 2 rings (SSSR count). The van der Waals surface area contributed by atoms with Gasteiger partial charge >= 0.3 is 0 Å². The zero-order valence-corrected chi connectivity index (χ0v) is 14.0. The molecular weight excluding hydrogens is 278 g/mol. The van der Waals surface area contributed by atoms with E-state index in [1.165, 1.54) is 6.42 Å². The summed E-state index contributed by atoms with van der Waals surface area (Å²) in [5.74, 6) is 0.805.